The second-order valence-electron chi connectivity index (χ2n) is 5.55. The highest BCUT2D eigenvalue weighted by atomic mass is 35.5. The molecule has 2 N–H and O–H groups in total. The van der Waals surface area contributed by atoms with Gasteiger partial charge in [0.05, 0.1) is 10.0 Å². The Hall–Kier alpha value is -1.02. The van der Waals surface area contributed by atoms with Crippen molar-refractivity contribution in [2.75, 3.05) is 0 Å². The molecule has 104 valence electrons. The lowest BCUT2D eigenvalue weighted by atomic mass is 9.74. The van der Waals surface area contributed by atoms with E-state index in [0.717, 1.165) is 24.8 Å². The van der Waals surface area contributed by atoms with Crippen LogP contribution >= 0.6 is 23.2 Å². The molecule has 0 heterocycles. The van der Waals surface area contributed by atoms with Crippen LogP contribution in [0, 0.1) is 0 Å². The number of halogens is 2. The van der Waals surface area contributed by atoms with E-state index in [1.165, 1.54) is 11.1 Å². The van der Waals surface area contributed by atoms with Crippen molar-refractivity contribution in [3.8, 4) is 0 Å². The highest BCUT2D eigenvalue weighted by molar-refractivity contribution is 6.42. The van der Waals surface area contributed by atoms with Crippen LogP contribution in [-0.4, -0.2) is 6.04 Å². The number of fused-ring (bicyclic) bond motifs is 1. The molecule has 2 aromatic rings. The molecule has 2 atom stereocenters. The number of hydrogen-bond acceptors (Lipinski definition) is 1. The number of hydrogen-bond donors (Lipinski definition) is 1. The molecule has 0 saturated carbocycles. The van der Waals surface area contributed by atoms with Gasteiger partial charge in [-0.05, 0) is 54.0 Å². The Morgan fingerprint density at radius 2 is 1.90 bits per heavy atom. The van der Waals surface area contributed by atoms with Gasteiger partial charge >= 0.3 is 0 Å². The van der Waals surface area contributed by atoms with E-state index in [1.54, 1.807) is 0 Å². The maximum atomic E-state index is 6.29. The molecule has 1 nitrogen and oxygen atoms in total. The van der Waals surface area contributed by atoms with Gasteiger partial charge in [0.15, 0.2) is 0 Å². The molecule has 3 heteroatoms. The fourth-order valence-electron chi connectivity index (χ4n) is 2.99. The van der Waals surface area contributed by atoms with Gasteiger partial charge < -0.3 is 5.73 Å². The Kier molecular flexibility index (Phi) is 4.02. The Morgan fingerprint density at radius 3 is 2.65 bits per heavy atom. The predicted octanol–water partition coefficient (Wildman–Crippen LogP) is 4.59. The van der Waals surface area contributed by atoms with Crippen LogP contribution in [0.15, 0.2) is 42.5 Å². The monoisotopic (exact) mass is 305 g/mol. The molecule has 3 rings (SSSR count). The van der Waals surface area contributed by atoms with Crippen molar-refractivity contribution in [3.63, 3.8) is 0 Å². The van der Waals surface area contributed by atoms with Crippen LogP contribution in [0.5, 0.6) is 0 Å². The molecule has 0 bridgehead atoms. The SMILES string of the molecule is NC(Cc1ccc(Cl)c(Cl)c1)CC1Cc2ccccc21. The van der Waals surface area contributed by atoms with Crippen LogP contribution in [0.4, 0.5) is 0 Å². The van der Waals surface area contributed by atoms with E-state index in [0.29, 0.717) is 16.0 Å². The summed E-state index contributed by atoms with van der Waals surface area (Å²) in [5, 5.41) is 1.20. The molecule has 2 aromatic carbocycles. The highest BCUT2D eigenvalue weighted by Gasteiger charge is 2.26. The molecular weight excluding hydrogens is 289 g/mol. The largest absolute Gasteiger partial charge is 0.327 e. The third-order valence-electron chi connectivity index (χ3n) is 4.03. The molecule has 0 spiro atoms. The second kappa shape index (κ2) is 5.77. The number of nitrogens with two attached hydrogens (primary N) is 1. The van der Waals surface area contributed by atoms with Crippen LogP contribution in [0.3, 0.4) is 0 Å². The molecule has 0 saturated heterocycles. The van der Waals surface area contributed by atoms with Crippen LogP contribution in [-0.2, 0) is 12.8 Å². The summed E-state index contributed by atoms with van der Waals surface area (Å²) in [6.45, 7) is 0. The van der Waals surface area contributed by atoms with Gasteiger partial charge in [0, 0.05) is 6.04 Å². The van der Waals surface area contributed by atoms with Crippen LogP contribution in [0.25, 0.3) is 0 Å². The smallest absolute Gasteiger partial charge is 0.0595 e. The van der Waals surface area contributed by atoms with Gasteiger partial charge in [-0.25, -0.2) is 0 Å². The predicted molar refractivity (Wildman–Crippen MR) is 85.6 cm³/mol. The van der Waals surface area contributed by atoms with E-state index < -0.39 is 0 Å². The van der Waals surface area contributed by atoms with Crippen molar-refractivity contribution in [1.82, 2.24) is 0 Å². The zero-order valence-corrected chi connectivity index (χ0v) is 12.7. The zero-order valence-electron chi connectivity index (χ0n) is 11.2. The maximum absolute atomic E-state index is 6.29. The Bertz CT molecular complexity index is 624. The first-order valence-electron chi connectivity index (χ1n) is 6.91. The lowest BCUT2D eigenvalue weighted by Gasteiger charge is -2.32. The van der Waals surface area contributed by atoms with E-state index in [2.05, 4.69) is 24.3 Å². The van der Waals surface area contributed by atoms with Gasteiger partial charge in [0.1, 0.15) is 0 Å². The van der Waals surface area contributed by atoms with E-state index in [-0.39, 0.29) is 6.04 Å². The van der Waals surface area contributed by atoms with Crippen molar-refractivity contribution in [2.24, 2.45) is 5.73 Å². The first-order chi connectivity index (χ1) is 9.63. The van der Waals surface area contributed by atoms with E-state index >= 15 is 0 Å². The second-order valence-corrected chi connectivity index (χ2v) is 6.36. The minimum Gasteiger partial charge on any atom is -0.327 e. The Morgan fingerprint density at radius 1 is 1.10 bits per heavy atom. The molecule has 0 radical (unpaired) electrons. The Balaban J connectivity index is 1.61. The van der Waals surface area contributed by atoms with Gasteiger partial charge in [-0.3, -0.25) is 0 Å². The highest BCUT2D eigenvalue weighted by Crippen LogP contribution is 2.38. The molecule has 1 aliphatic carbocycles. The zero-order chi connectivity index (χ0) is 14.1. The lowest BCUT2D eigenvalue weighted by molar-refractivity contribution is 0.485. The van der Waals surface area contributed by atoms with Crippen LogP contribution in [0.1, 0.15) is 29.0 Å². The number of benzene rings is 2. The van der Waals surface area contributed by atoms with E-state index in [4.69, 9.17) is 28.9 Å². The molecule has 0 fully saturated rings. The number of rotatable bonds is 4. The summed E-state index contributed by atoms with van der Waals surface area (Å²) < 4.78 is 0. The van der Waals surface area contributed by atoms with Gasteiger partial charge in [0.25, 0.3) is 0 Å². The minimum atomic E-state index is 0.158. The lowest BCUT2D eigenvalue weighted by Crippen LogP contribution is -2.29. The fourth-order valence-corrected chi connectivity index (χ4v) is 3.31. The molecule has 0 aromatic heterocycles. The summed E-state index contributed by atoms with van der Waals surface area (Å²) in [5.41, 5.74) is 10.4. The van der Waals surface area contributed by atoms with Gasteiger partial charge in [0.2, 0.25) is 0 Å². The minimum absolute atomic E-state index is 0.158. The first-order valence-corrected chi connectivity index (χ1v) is 7.66. The molecule has 20 heavy (non-hydrogen) atoms. The van der Waals surface area contributed by atoms with Gasteiger partial charge in [-0.2, -0.15) is 0 Å². The van der Waals surface area contributed by atoms with E-state index in [1.807, 2.05) is 18.2 Å². The maximum Gasteiger partial charge on any atom is 0.0595 e. The summed E-state index contributed by atoms with van der Waals surface area (Å²) in [4.78, 5) is 0. The summed E-state index contributed by atoms with van der Waals surface area (Å²) in [5.74, 6) is 0.615. The topological polar surface area (TPSA) is 26.0 Å². The average Bonchev–Trinajstić information content (AvgIpc) is 2.40. The van der Waals surface area contributed by atoms with Crippen molar-refractivity contribution in [3.05, 3.63) is 69.2 Å². The third kappa shape index (κ3) is 2.85. The standard InChI is InChI=1S/C17H17Cl2N/c18-16-6-5-11(8-17(16)19)7-14(20)10-13-9-12-3-1-2-4-15(12)13/h1-6,8,13-14H,7,9-10,20H2. The third-order valence-corrected chi connectivity index (χ3v) is 4.77. The van der Waals surface area contributed by atoms with Crippen molar-refractivity contribution in [1.29, 1.82) is 0 Å². The van der Waals surface area contributed by atoms with Crippen LogP contribution in [0.2, 0.25) is 10.0 Å². The summed E-state index contributed by atoms with van der Waals surface area (Å²) in [6.07, 6.45) is 3.03. The molecule has 0 amide bonds. The van der Waals surface area contributed by atoms with Crippen LogP contribution < -0.4 is 5.73 Å². The van der Waals surface area contributed by atoms with E-state index in [9.17, 15) is 0 Å². The van der Waals surface area contributed by atoms with Gasteiger partial charge in [-0.1, -0.05) is 53.5 Å². The first kappa shape index (κ1) is 13.9. The normalized spacial score (nSPS) is 18.2. The van der Waals surface area contributed by atoms with Crippen molar-refractivity contribution < 1.29 is 0 Å². The molecular formula is C17H17Cl2N. The van der Waals surface area contributed by atoms with Crippen molar-refractivity contribution in [2.45, 2.75) is 31.2 Å². The fraction of sp³-hybridized carbons (Fsp3) is 0.294. The van der Waals surface area contributed by atoms with Crippen molar-refractivity contribution >= 4 is 23.2 Å². The summed E-state index contributed by atoms with van der Waals surface area (Å²) in [6, 6.07) is 14.5. The van der Waals surface area contributed by atoms with Gasteiger partial charge in [-0.15, -0.1) is 0 Å². The summed E-state index contributed by atoms with van der Waals surface area (Å²) >= 11 is 12.0. The molecule has 2 unspecified atom stereocenters. The Labute approximate surface area is 129 Å². The molecule has 0 aliphatic heterocycles. The average molecular weight is 306 g/mol. The quantitative estimate of drug-likeness (QED) is 0.878. The summed E-state index contributed by atoms with van der Waals surface area (Å²) in [7, 11) is 0. The molecule has 1 aliphatic rings.